The van der Waals surface area contributed by atoms with Crippen molar-refractivity contribution in [1.29, 1.82) is 0 Å². The first kappa shape index (κ1) is 23.7. The summed E-state index contributed by atoms with van der Waals surface area (Å²) >= 11 is 1.42. The molecule has 9 heteroatoms. The lowest BCUT2D eigenvalue weighted by atomic mass is 10.1. The highest BCUT2D eigenvalue weighted by atomic mass is 32.1. The van der Waals surface area contributed by atoms with E-state index in [9.17, 15) is 9.59 Å². The van der Waals surface area contributed by atoms with Gasteiger partial charge < -0.3 is 14.8 Å². The molecule has 1 aliphatic rings. The van der Waals surface area contributed by atoms with Crippen LogP contribution >= 0.6 is 11.3 Å². The minimum atomic E-state index is -0.195. The van der Waals surface area contributed by atoms with Gasteiger partial charge in [0, 0.05) is 42.8 Å². The van der Waals surface area contributed by atoms with Crippen LogP contribution in [0.3, 0.4) is 0 Å². The minimum Gasteiger partial charge on any atom is -0.373 e. The zero-order valence-corrected chi connectivity index (χ0v) is 20.9. The number of rotatable bonds is 6. The smallest absolute Gasteiger partial charge is 0.268 e. The van der Waals surface area contributed by atoms with Crippen molar-refractivity contribution < 1.29 is 9.59 Å². The van der Waals surface area contributed by atoms with Crippen LogP contribution in [0, 0.1) is 0 Å². The number of pyridine rings is 1. The van der Waals surface area contributed by atoms with Crippen LogP contribution in [-0.4, -0.2) is 51.4 Å². The Balaban J connectivity index is 1.40. The Bertz CT molecular complexity index is 1410. The number of benzene rings is 1. The number of fused-ring (bicyclic) bond motifs is 1. The standard InChI is InChI=1S/C27H28N6O2S/c1-3-25(34)32-15-6-7-19(14-16-32)33-21-9-5-4-8-20(21)30-27(33)31-26(35)23-12-11-22(36-23)18-10-13-24(28-2)29-17-18/h3-5,8-13,17,19H,1,6-7,14-16H2,2H3,(H,28,29)(H,30,31,35)/t19-/m1/s1. The maximum Gasteiger partial charge on any atom is 0.268 e. The van der Waals surface area contributed by atoms with E-state index in [0.717, 1.165) is 46.6 Å². The zero-order chi connectivity index (χ0) is 25.1. The molecule has 0 saturated carbocycles. The molecule has 0 bridgehead atoms. The molecular weight excluding hydrogens is 472 g/mol. The summed E-state index contributed by atoms with van der Waals surface area (Å²) in [6.45, 7) is 4.97. The molecule has 1 fully saturated rings. The molecule has 1 aromatic carbocycles. The largest absolute Gasteiger partial charge is 0.373 e. The van der Waals surface area contributed by atoms with Gasteiger partial charge in [-0.2, -0.15) is 0 Å². The van der Waals surface area contributed by atoms with Gasteiger partial charge in [0.25, 0.3) is 5.91 Å². The third kappa shape index (κ3) is 4.74. The molecule has 4 heterocycles. The number of hydrogen-bond donors (Lipinski definition) is 2. The number of nitrogens with zero attached hydrogens (tertiary/aromatic N) is 4. The molecule has 0 radical (unpaired) electrons. The van der Waals surface area contributed by atoms with Crippen molar-refractivity contribution in [2.24, 2.45) is 0 Å². The highest BCUT2D eigenvalue weighted by molar-refractivity contribution is 7.17. The number of anilines is 2. The van der Waals surface area contributed by atoms with E-state index in [1.807, 2.05) is 60.5 Å². The van der Waals surface area contributed by atoms with Crippen molar-refractivity contribution in [3.8, 4) is 10.4 Å². The summed E-state index contributed by atoms with van der Waals surface area (Å²) in [4.78, 5) is 38.0. The first-order valence-corrected chi connectivity index (χ1v) is 12.8. The number of imidazole rings is 1. The fourth-order valence-corrected chi connectivity index (χ4v) is 5.55. The Kier molecular flexibility index (Phi) is 6.81. The van der Waals surface area contributed by atoms with E-state index in [4.69, 9.17) is 4.98 Å². The highest BCUT2D eigenvalue weighted by Crippen LogP contribution is 2.33. The van der Waals surface area contributed by atoms with E-state index in [1.54, 1.807) is 6.20 Å². The molecule has 4 aromatic rings. The van der Waals surface area contributed by atoms with Crippen LogP contribution in [0.4, 0.5) is 11.8 Å². The van der Waals surface area contributed by atoms with E-state index < -0.39 is 0 Å². The SMILES string of the molecule is C=CC(=O)N1CCC[C@@H](n2c(NC(=O)c3ccc(-c4ccc(NC)nc4)s3)nc3ccccc32)CC1. The van der Waals surface area contributed by atoms with Crippen LogP contribution in [-0.2, 0) is 4.79 Å². The lowest BCUT2D eigenvalue weighted by Crippen LogP contribution is -2.30. The molecule has 1 saturated heterocycles. The van der Waals surface area contributed by atoms with Gasteiger partial charge in [-0.05, 0) is 61.7 Å². The lowest BCUT2D eigenvalue weighted by Gasteiger charge is -2.21. The Hall–Kier alpha value is -3.98. The van der Waals surface area contributed by atoms with E-state index in [0.29, 0.717) is 23.9 Å². The number of thiophene rings is 1. The molecule has 3 aromatic heterocycles. The normalized spacial score (nSPS) is 15.9. The van der Waals surface area contributed by atoms with Crippen molar-refractivity contribution in [1.82, 2.24) is 19.4 Å². The Morgan fingerprint density at radius 2 is 1.97 bits per heavy atom. The first-order valence-electron chi connectivity index (χ1n) is 12.0. The summed E-state index contributed by atoms with van der Waals surface area (Å²) < 4.78 is 2.13. The molecule has 184 valence electrons. The summed E-state index contributed by atoms with van der Waals surface area (Å²) in [7, 11) is 1.83. The Labute approximate surface area is 213 Å². The molecule has 5 rings (SSSR count). The van der Waals surface area contributed by atoms with Crippen LogP contribution in [0.15, 0.2) is 67.4 Å². The van der Waals surface area contributed by atoms with E-state index in [2.05, 4.69) is 26.8 Å². The van der Waals surface area contributed by atoms with Crippen molar-refractivity contribution in [3.05, 3.63) is 72.3 Å². The van der Waals surface area contributed by atoms with Crippen molar-refractivity contribution >= 4 is 46.0 Å². The van der Waals surface area contributed by atoms with Crippen LogP contribution < -0.4 is 10.6 Å². The maximum absolute atomic E-state index is 13.3. The van der Waals surface area contributed by atoms with Gasteiger partial charge in [0.1, 0.15) is 5.82 Å². The van der Waals surface area contributed by atoms with E-state index in [-0.39, 0.29) is 17.9 Å². The second-order valence-corrected chi connectivity index (χ2v) is 9.79. The van der Waals surface area contributed by atoms with Crippen LogP contribution in [0.2, 0.25) is 0 Å². The molecule has 0 aliphatic carbocycles. The van der Waals surface area contributed by atoms with E-state index >= 15 is 0 Å². The maximum atomic E-state index is 13.3. The van der Waals surface area contributed by atoms with Crippen molar-refractivity contribution in [2.45, 2.75) is 25.3 Å². The number of carbonyl (C=O) groups is 2. The van der Waals surface area contributed by atoms with Crippen LogP contribution in [0.5, 0.6) is 0 Å². The number of amides is 2. The fourth-order valence-electron chi connectivity index (χ4n) is 4.65. The van der Waals surface area contributed by atoms with Gasteiger partial charge >= 0.3 is 0 Å². The Morgan fingerprint density at radius 3 is 2.75 bits per heavy atom. The monoisotopic (exact) mass is 500 g/mol. The fraction of sp³-hybridized carbons (Fsp3) is 0.259. The summed E-state index contributed by atoms with van der Waals surface area (Å²) in [5, 5.41) is 6.07. The number of nitrogens with one attached hydrogen (secondary N) is 2. The summed E-state index contributed by atoms with van der Waals surface area (Å²) in [6, 6.07) is 15.7. The van der Waals surface area contributed by atoms with Crippen molar-refractivity contribution in [3.63, 3.8) is 0 Å². The first-order chi connectivity index (χ1) is 17.6. The molecular formula is C27H28N6O2S. The lowest BCUT2D eigenvalue weighted by molar-refractivity contribution is -0.125. The summed E-state index contributed by atoms with van der Waals surface area (Å²) in [5.41, 5.74) is 2.77. The van der Waals surface area contributed by atoms with Gasteiger partial charge in [0.2, 0.25) is 11.9 Å². The number of para-hydroxylation sites is 2. The third-order valence-corrected chi connectivity index (χ3v) is 7.64. The summed E-state index contributed by atoms with van der Waals surface area (Å²) in [5.74, 6) is 1.09. The number of likely N-dealkylation sites (tertiary alicyclic amines) is 1. The molecule has 8 nitrogen and oxygen atoms in total. The van der Waals surface area contributed by atoms with Crippen molar-refractivity contribution in [2.75, 3.05) is 30.8 Å². The number of aromatic nitrogens is 3. The minimum absolute atomic E-state index is 0.0380. The highest BCUT2D eigenvalue weighted by Gasteiger charge is 2.25. The van der Waals surface area contributed by atoms with Gasteiger partial charge in [-0.3, -0.25) is 14.9 Å². The molecule has 36 heavy (non-hydrogen) atoms. The second kappa shape index (κ2) is 10.3. The number of carbonyl (C=O) groups excluding carboxylic acids is 2. The molecule has 2 N–H and O–H groups in total. The van der Waals surface area contributed by atoms with Gasteiger partial charge in [-0.15, -0.1) is 11.3 Å². The van der Waals surface area contributed by atoms with E-state index in [1.165, 1.54) is 17.4 Å². The molecule has 1 atom stereocenters. The summed E-state index contributed by atoms with van der Waals surface area (Å²) in [6.07, 6.45) is 5.72. The van der Waals surface area contributed by atoms with Gasteiger partial charge in [-0.1, -0.05) is 18.7 Å². The quantitative estimate of drug-likeness (QED) is 0.355. The van der Waals surface area contributed by atoms with Gasteiger partial charge in [-0.25, -0.2) is 9.97 Å². The second-order valence-electron chi connectivity index (χ2n) is 8.71. The average molecular weight is 501 g/mol. The van der Waals surface area contributed by atoms with Crippen LogP contribution in [0.25, 0.3) is 21.5 Å². The topological polar surface area (TPSA) is 92.2 Å². The van der Waals surface area contributed by atoms with Gasteiger partial charge in [0.05, 0.1) is 15.9 Å². The van der Waals surface area contributed by atoms with Gasteiger partial charge in [0.15, 0.2) is 0 Å². The molecule has 0 spiro atoms. The predicted octanol–water partition coefficient (Wildman–Crippen LogP) is 5.19. The average Bonchev–Trinajstić information content (AvgIpc) is 3.47. The number of hydrogen-bond acceptors (Lipinski definition) is 6. The third-order valence-electron chi connectivity index (χ3n) is 6.50. The molecule has 2 amide bonds. The molecule has 0 unspecified atom stereocenters. The molecule has 1 aliphatic heterocycles. The van der Waals surface area contributed by atoms with Crippen LogP contribution in [0.1, 0.15) is 35.0 Å². The Morgan fingerprint density at radius 1 is 1.11 bits per heavy atom. The predicted molar refractivity (Wildman–Crippen MR) is 144 cm³/mol. The zero-order valence-electron chi connectivity index (χ0n) is 20.1.